The first kappa shape index (κ1) is 7.61. The van der Waals surface area contributed by atoms with Crippen molar-refractivity contribution in [1.29, 1.82) is 0 Å². The molecule has 0 spiro atoms. The molecule has 0 fully saturated rings. The maximum Gasteiger partial charge on any atom is 0.0933 e. The van der Waals surface area contributed by atoms with Crippen LogP contribution >= 0.6 is 0 Å². The van der Waals surface area contributed by atoms with Gasteiger partial charge >= 0.3 is 0 Å². The van der Waals surface area contributed by atoms with E-state index in [1.807, 2.05) is 25.1 Å². The molecule has 1 aliphatic rings. The predicted octanol–water partition coefficient (Wildman–Crippen LogP) is 1.15. The second kappa shape index (κ2) is 1.76. The van der Waals surface area contributed by atoms with Crippen molar-refractivity contribution in [2.75, 3.05) is 7.05 Å². The maximum absolute atomic E-state index is 6.06. The highest BCUT2D eigenvalue weighted by Crippen LogP contribution is 2.37. The van der Waals surface area contributed by atoms with Crippen LogP contribution in [-0.4, -0.2) is 17.6 Å². The maximum atomic E-state index is 6.06. The van der Waals surface area contributed by atoms with Crippen LogP contribution in [0.15, 0.2) is 12.3 Å². The van der Waals surface area contributed by atoms with Gasteiger partial charge in [0.05, 0.1) is 5.66 Å². The molecule has 1 heterocycles. The number of hydrogen-bond donors (Lipinski definition) is 1. The van der Waals surface area contributed by atoms with E-state index in [0.29, 0.717) is 0 Å². The summed E-state index contributed by atoms with van der Waals surface area (Å²) < 4.78 is 0. The summed E-state index contributed by atoms with van der Waals surface area (Å²) in [5.74, 6) is 0. The molecule has 0 saturated heterocycles. The molecular weight excluding hydrogens is 124 g/mol. The molecule has 0 aromatic carbocycles. The second-order valence-corrected chi connectivity index (χ2v) is 3.80. The summed E-state index contributed by atoms with van der Waals surface area (Å²) in [6, 6.07) is 0. The fourth-order valence-corrected chi connectivity index (χ4v) is 1.08. The van der Waals surface area contributed by atoms with Crippen molar-refractivity contribution >= 4 is 0 Å². The van der Waals surface area contributed by atoms with Crippen molar-refractivity contribution in [3.63, 3.8) is 0 Å². The zero-order valence-corrected chi connectivity index (χ0v) is 7.18. The SMILES string of the molecule is CN1C=CC(C)(C)C1(C)N. The first-order valence-electron chi connectivity index (χ1n) is 3.59. The lowest BCUT2D eigenvalue weighted by atomic mass is 9.82. The van der Waals surface area contributed by atoms with Gasteiger partial charge in [0, 0.05) is 12.5 Å². The molecule has 0 bridgehead atoms. The van der Waals surface area contributed by atoms with Gasteiger partial charge in [-0.1, -0.05) is 19.9 Å². The fourth-order valence-electron chi connectivity index (χ4n) is 1.08. The van der Waals surface area contributed by atoms with E-state index in [1.165, 1.54) is 0 Å². The van der Waals surface area contributed by atoms with Gasteiger partial charge in [-0.05, 0) is 13.1 Å². The van der Waals surface area contributed by atoms with Crippen molar-refractivity contribution < 1.29 is 0 Å². The molecule has 0 aromatic heterocycles. The van der Waals surface area contributed by atoms with Gasteiger partial charge < -0.3 is 10.6 Å². The molecule has 0 aliphatic carbocycles. The third-order valence-electron chi connectivity index (χ3n) is 2.75. The molecule has 1 aliphatic heterocycles. The van der Waals surface area contributed by atoms with E-state index in [-0.39, 0.29) is 11.1 Å². The van der Waals surface area contributed by atoms with E-state index in [9.17, 15) is 0 Å². The van der Waals surface area contributed by atoms with Gasteiger partial charge in [0.15, 0.2) is 0 Å². The quantitative estimate of drug-likeness (QED) is 0.547. The van der Waals surface area contributed by atoms with Crippen LogP contribution in [0.25, 0.3) is 0 Å². The summed E-state index contributed by atoms with van der Waals surface area (Å²) in [4.78, 5) is 2.05. The van der Waals surface area contributed by atoms with Gasteiger partial charge in [-0.25, -0.2) is 0 Å². The highest BCUT2D eigenvalue weighted by molar-refractivity contribution is 5.14. The van der Waals surface area contributed by atoms with E-state index in [2.05, 4.69) is 19.9 Å². The topological polar surface area (TPSA) is 29.3 Å². The lowest BCUT2D eigenvalue weighted by Crippen LogP contribution is -2.55. The van der Waals surface area contributed by atoms with E-state index in [4.69, 9.17) is 5.73 Å². The van der Waals surface area contributed by atoms with E-state index >= 15 is 0 Å². The third-order valence-corrected chi connectivity index (χ3v) is 2.75. The molecule has 58 valence electrons. The zero-order valence-electron chi connectivity index (χ0n) is 7.18. The Hall–Kier alpha value is -0.500. The van der Waals surface area contributed by atoms with Gasteiger partial charge in [-0.3, -0.25) is 0 Å². The number of rotatable bonds is 0. The Labute approximate surface area is 62.7 Å². The summed E-state index contributed by atoms with van der Waals surface area (Å²) in [6.45, 7) is 6.34. The molecule has 0 saturated carbocycles. The lowest BCUT2D eigenvalue weighted by molar-refractivity contribution is 0.121. The average Bonchev–Trinajstić information content (AvgIpc) is 1.94. The molecule has 2 heteroatoms. The van der Waals surface area contributed by atoms with Crippen molar-refractivity contribution in [2.24, 2.45) is 11.1 Å². The van der Waals surface area contributed by atoms with Crippen LogP contribution in [0.3, 0.4) is 0 Å². The van der Waals surface area contributed by atoms with Crippen LogP contribution in [0, 0.1) is 5.41 Å². The summed E-state index contributed by atoms with van der Waals surface area (Å²) in [6.07, 6.45) is 4.19. The minimum atomic E-state index is -0.229. The van der Waals surface area contributed by atoms with Gasteiger partial charge in [0.25, 0.3) is 0 Å². The molecular formula is C8H16N2. The Bertz CT molecular complexity index is 168. The highest BCUT2D eigenvalue weighted by atomic mass is 15.3. The first-order chi connectivity index (χ1) is 4.38. The van der Waals surface area contributed by atoms with Crippen molar-refractivity contribution in [3.8, 4) is 0 Å². The third kappa shape index (κ3) is 0.754. The molecule has 1 rings (SSSR count). The molecule has 0 radical (unpaired) electrons. The smallest absolute Gasteiger partial charge is 0.0933 e. The summed E-state index contributed by atoms with van der Waals surface area (Å²) in [7, 11) is 2.01. The van der Waals surface area contributed by atoms with Crippen LogP contribution in [0.4, 0.5) is 0 Å². The lowest BCUT2D eigenvalue weighted by Gasteiger charge is -2.39. The van der Waals surface area contributed by atoms with Gasteiger partial charge in [-0.15, -0.1) is 0 Å². The van der Waals surface area contributed by atoms with Crippen LogP contribution in [0.1, 0.15) is 20.8 Å². The average molecular weight is 140 g/mol. The Morgan fingerprint density at radius 1 is 1.30 bits per heavy atom. The number of nitrogens with two attached hydrogens (primary N) is 1. The molecule has 1 atom stereocenters. The Balaban J connectivity index is 2.94. The van der Waals surface area contributed by atoms with Gasteiger partial charge in [0.1, 0.15) is 0 Å². The normalized spacial score (nSPS) is 37.1. The van der Waals surface area contributed by atoms with Crippen molar-refractivity contribution in [2.45, 2.75) is 26.4 Å². The zero-order chi connectivity index (χ0) is 7.99. The first-order valence-corrected chi connectivity index (χ1v) is 3.59. The van der Waals surface area contributed by atoms with Crippen LogP contribution in [-0.2, 0) is 0 Å². The van der Waals surface area contributed by atoms with Gasteiger partial charge in [0.2, 0.25) is 0 Å². The van der Waals surface area contributed by atoms with Crippen LogP contribution in [0.5, 0.6) is 0 Å². The standard InChI is InChI=1S/C8H16N2/c1-7(2)5-6-10(4)8(7,3)9/h5-6H,9H2,1-4H3. The Kier molecular flexibility index (Phi) is 1.34. The number of nitrogens with zero attached hydrogens (tertiary/aromatic N) is 1. The molecule has 2 nitrogen and oxygen atoms in total. The number of hydrogen-bond acceptors (Lipinski definition) is 2. The Morgan fingerprint density at radius 2 is 1.80 bits per heavy atom. The molecule has 0 aromatic rings. The summed E-state index contributed by atoms with van der Waals surface area (Å²) in [5.41, 5.74) is 5.92. The fraction of sp³-hybridized carbons (Fsp3) is 0.750. The van der Waals surface area contributed by atoms with E-state index in [0.717, 1.165) is 0 Å². The molecule has 0 amide bonds. The largest absolute Gasteiger partial charge is 0.362 e. The minimum absolute atomic E-state index is 0.0851. The Morgan fingerprint density at radius 3 is 1.90 bits per heavy atom. The molecule has 2 N–H and O–H groups in total. The molecule has 1 unspecified atom stereocenters. The van der Waals surface area contributed by atoms with Crippen molar-refractivity contribution in [1.82, 2.24) is 4.90 Å². The van der Waals surface area contributed by atoms with E-state index < -0.39 is 0 Å². The van der Waals surface area contributed by atoms with Gasteiger partial charge in [-0.2, -0.15) is 0 Å². The minimum Gasteiger partial charge on any atom is -0.362 e. The predicted molar refractivity (Wildman–Crippen MR) is 43.3 cm³/mol. The monoisotopic (exact) mass is 140 g/mol. The van der Waals surface area contributed by atoms with Crippen LogP contribution < -0.4 is 5.73 Å². The summed E-state index contributed by atoms with van der Waals surface area (Å²) >= 11 is 0. The highest BCUT2D eigenvalue weighted by Gasteiger charge is 2.41. The van der Waals surface area contributed by atoms with Crippen molar-refractivity contribution in [3.05, 3.63) is 12.3 Å². The van der Waals surface area contributed by atoms with E-state index in [1.54, 1.807) is 0 Å². The summed E-state index contributed by atoms with van der Waals surface area (Å²) in [5, 5.41) is 0. The molecule has 10 heavy (non-hydrogen) atoms. The van der Waals surface area contributed by atoms with Crippen LogP contribution in [0.2, 0.25) is 0 Å². The second-order valence-electron chi connectivity index (χ2n) is 3.80.